The van der Waals surface area contributed by atoms with Gasteiger partial charge in [0.25, 0.3) is 5.91 Å². The number of methoxy groups -OCH3 is 1. The van der Waals surface area contributed by atoms with Gasteiger partial charge >= 0.3 is 0 Å². The van der Waals surface area contributed by atoms with Gasteiger partial charge in [-0.15, -0.1) is 0 Å². The maximum Gasteiger partial charge on any atom is 0.255 e. The Labute approximate surface area is 207 Å². The molecule has 1 atom stereocenters. The van der Waals surface area contributed by atoms with E-state index in [1.165, 1.54) is 19.5 Å². The maximum atomic E-state index is 12.8. The van der Waals surface area contributed by atoms with E-state index in [1.54, 1.807) is 18.2 Å². The van der Waals surface area contributed by atoms with Crippen LogP contribution < -0.4 is 20.3 Å². The molecule has 34 heavy (non-hydrogen) atoms. The van der Waals surface area contributed by atoms with Crippen LogP contribution >= 0.6 is 23.2 Å². The number of hydroxylamine groups is 1. The second-order valence-electron chi connectivity index (χ2n) is 7.98. The Morgan fingerprint density at radius 1 is 1.15 bits per heavy atom. The van der Waals surface area contributed by atoms with Crippen LogP contribution in [0.25, 0.3) is 5.70 Å². The van der Waals surface area contributed by atoms with E-state index in [4.69, 9.17) is 37.5 Å². The Hall–Kier alpha value is -3.26. The van der Waals surface area contributed by atoms with Crippen molar-refractivity contribution in [1.29, 1.82) is 0 Å². The van der Waals surface area contributed by atoms with Crippen molar-refractivity contribution in [2.24, 2.45) is 0 Å². The zero-order chi connectivity index (χ0) is 24.3. The second kappa shape index (κ2) is 9.93. The second-order valence-corrected chi connectivity index (χ2v) is 8.79. The van der Waals surface area contributed by atoms with E-state index in [1.807, 2.05) is 44.2 Å². The average molecular weight is 500 g/mol. The monoisotopic (exact) mass is 499 g/mol. The van der Waals surface area contributed by atoms with Gasteiger partial charge in [-0.05, 0) is 43.7 Å². The fraction of sp³-hybridized carbons (Fsp3) is 0.200. The Morgan fingerprint density at radius 3 is 2.59 bits per heavy atom. The molecular weight excluding hydrogens is 477 g/mol. The van der Waals surface area contributed by atoms with Gasteiger partial charge in [0.05, 0.1) is 28.5 Å². The molecule has 0 bridgehead atoms. The van der Waals surface area contributed by atoms with E-state index < -0.39 is 11.5 Å². The lowest BCUT2D eigenvalue weighted by molar-refractivity contribution is -0.0476. The van der Waals surface area contributed by atoms with Crippen molar-refractivity contribution in [2.45, 2.75) is 19.4 Å². The Kier molecular flexibility index (Phi) is 6.97. The van der Waals surface area contributed by atoms with Gasteiger partial charge in [-0.25, -0.2) is 0 Å². The number of anilines is 1. The quantitative estimate of drug-likeness (QED) is 0.435. The third-order valence-electron chi connectivity index (χ3n) is 5.31. The topological polar surface area (TPSA) is 81.7 Å². The third-order valence-corrected chi connectivity index (χ3v) is 5.88. The number of nitrogens with one attached hydrogen (secondary N) is 2. The van der Waals surface area contributed by atoms with Crippen LogP contribution in [0.5, 0.6) is 11.5 Å². The minimum atomic E-state index is -0.737. The van der Waals surface area contributed by atoms with Gasteiger partial charge in [0.15, 0.2) is 11.5 Å². The SMILES string of the molecule is COc1ccc(C(=O)Nc2c(Cl)cncc2Cl)cc1OCC1(C)C=C(c2ccccc2C)NO1. The number of rotatable bonds is 7. The number of halogens is 2. The molecule has 0 saturated carbocycles. The first-order valence-corrected chi connectivity index (χ1v) is 11.2. The number of carbonyl (C=O) groups excluding carboxylic acids is 1. The lowest BCUT2D eigenvalue weighted by atomic mass is 10.0. The van der Waals surface area contributed by atoms with E-state index in [-0.39, 0.29) is 22.3 Å². The highest BCUT2D eigenvalue weighted by Gasteiger charge is 2.32. The van der Waals surface area contributed by atoms with Crippen molar-refractivity contribution in [3.63, 3.8) is 0 Å². The first-order valence-electron chi connectivity index (χ1n) is 10.4. The molecule has 1 aliphatic rings. The molecule has 0 spiro atoms. The van der Waals surface area contributed by atoms with Crippen molar-refractivity contribution in [3.8, 4) is 11.5 Å². The fourth-order valence-electron chi connectivity index (χ4n) is 3.48. The number of hydrogen-bond donors (Lipinski definition) is 2. The highest BCUT2D eigenvalue weighted by Crippen LogP contribution is 2.33. The van der Waals surface area contributed by atoms with Crippen molar-refractivity contribution >= 4 is 40.5 Å². The first-order chi connectivity index (χ1) is 16.3. The molecule has 1 aromatic heterocycles. The summed E-state index contributed by atoms with van der Waals surface area (Å²) in [7, 11) is 1.53. The first kappa shape index (κ1) is 23.9. The predicted octanol–water partition coefficient (Wildman–Crippen LogP) is 5.67. The number of pyridine rings is 1. The molecule has 2 aromatic carbocycles. The molecule has 0 fully saturated rings. The summed E-state index contributed by atoms with van der Waals surface area (Å²) >= 11 is 12.2. The standard InChI is InChI=1S/C25H23Cl2N3O4/c1-15-6-4-5-7-17(15)20-11-25(2,34-30-20)14-33-22-10-16(8-9-21(22)32-3)24(31)29-23-18(26)12-28-13-19(23)27/h4-13,30H,14H2,1-3H3,(H,28,29,31). The molecule has 176 valence electrons. The minimum Gasteiger partial charge on any atom is -0.493 e. The molecule has 0 radical (unpaired) electrons. The van der Waals surface area contributed by atoms with Gasteiger partial charge in [-0.3, -0.25) is 20.1 Å². The van der Waals surface area contributed by atoms with Crippen LogP contribution in [0.3, 0.4) is 0 Å². The normalized spacial score (nSPS) is 17.0. The van der Waals surface area contributed by atoms with Crippen LogP contribution in [0.15, 0.2) is 60.9 Å². The van der Waals surface area contributed by atoms with E-state index in [2.05, 4.69) is 15.8 Å². The van der Waals surface area contributed by atoms with Gasteiger partial charge in [0.2, 0.25) is 0 Å². The van der Waals surface area contributed by atoms with Crippen molar-refractivity contribution in [2.75, 3.05) is 19.0 Å². The summed E-state index contributed by atoms with van der Waals surface area (Å²) in [5.74, 6) is 0.466. The number of amides is 1. The number of aromatic nitrogens is 1. The van der Waals surface area contributed by atoms with Crippen molar-refractivity contribution in [3.05, 3.63) is 87.7 Å². The summed E-state index contributed by atoms with van der Waals surface area (Å²) in [5, 5.41) is 3.18. The summed E-state index contributed by atoms with van der Waals surface area (Å²) in [6.07, 6.45) is 4.78. The Morgan fingerprint density at radius 2 is 1.88 bits per heavy atom. The van der Waals surface area contributed by atoms with E-state index >= 15 is 0 Å². The number of ether oxygens (including phenoxy) is 2. The molecule has 9 heteroatoms. The molecule has 3 aromatic rings. The summed E-state index contributed by atoms with van der Waals surface area (Å²) in [6, 6.07) is 12.9. The van der Waals surface area contributed by atoms with Crippen LogP contribution in [-0.4, -0.2) is 30.2 Å². The van der Waals surface area contributed by atoms with Crippen molar-refractivity contribution in [1.82, 2.24) is 10.5 Å². The van der Waals surface area contributed by atoms with E-state index in [9.17, 15) is 4.79 Å². The number of aryl methyl sites for hydroxylation is 1. The van der Waals surface area contributed by atoms with Crippen LogP contribution in [0, 0.1) is 6.92 Å². The minimum absolute atomic E-state index is 0.179. The highest BCUT2D eigenvalue weighted by atomic mass is 35.5. The number of carbonyl (C=O) groups is 1. The van der Waals surface area contributed by atoms with Crippen LogP contribution in [0.2, 0.25) is 10.0 Å². The Bertz CT molecular complexity index is 1240. The third kappa shape index (κ3) is 5.12. The van der Waals surface area contributed by atoms with Crippen LogP contribution in [-0.2, 0) is 4.84 Å². The molecule has 0 saturated heterocycles. The molecule has 2 heterocycles. The molecule has 2 N–H and O–H groups in total. The van der Waals surface area contributed by atoms with Gasteiger partial charge in [0.1, 0.15) is 12.2 Å². The lowest BCUT2D eigenvalue weighted by Gasteiger charge is -2.21. The van der Waals surface area contributed by atoms with Gasteiger partial charge in [-0.2, -0.15) is 0 Å². The van der Waals surface area contributed by atoms with Crippen LogP contribution in [0.1, 0.15) is 28.4 Å². The molecular formula is C25H23Cl2N3O4. The van der Waals surface area contributed by atoms with Crippen LogP contribution in [0.4, 0.5) is 5.69 Å². The number of nitrogens with zero attached hydrogens (tertiary/aromatic N) is 1. The summed E-state index contributed by atoms with van der Waals surface area (Å²) in [4.78, 5) is 22.5. The molecule has 4 rings (SSSR count). The van der Waals surface area contributed by atoms with Crippen molar-refractivity contribution < 1.29 is 19.1 Å². The van der Waals surface area contributed by atoms with Gasteiger partial charge < -0.3 is 14.8 Å². The van der Waals surface area contributed by atoms with Gasteiger partial charge in [0, 0.05) is 23.5 Å². The lowest BCUT2D eigenvalue weighted by Crippen LogP contribution is -2.33. The molecule has 7 nitrogen and oxygen atoms in total. The zero-order valence-corrected chi connectivity index (χ0v) is 20.3. The highest BCUT2D eigenvalue weighted by molar-refractivity contribution is 6.39. The zero-order valence-electron chi connectivity index (χ0n) is 18.8. The van der Waals surface area contributed by atoms with E-state index in [0.717, 1.165) is 16.8 Å². The predicted molar refractivity (Wildman–Crippen MR) is 132 cm³/mol. The summed E-state index contributed by atoms with van der Waals surface area (Å²) < 4.78 is 11.5. The van der Waals surface area contributed by atoms with E-state index in [0.29, 0.717) is 17.1 Å². The maximum absolute atomic E-state index is 12.8. The average Bonchev–Trinajstić information content (AvgIpc) is 3.22. The van der Waals surface area contributed by atoms with Gasteiger partial charge in [-0.1, -0.05) is 47.5 Å². The fourth-order valence-corrected chi connectivity index (χ4v) is 3.94. The Balaban J connectivity index is 1.52. The smallest absolute Gasteiger partial charge is 0.255 e. The molecule has 1 amide bonds. The molecule has 1 aliphatic heterocycles. The summed E-state index contributed by atoms with van der Waals surface area (Å²) in [6.45, 7) is 4.12. The molecule has 0 aliphatic carbocycles. The number of benzene rings is 2. The largest absolute Gasteiger partial charge is 0.493 e. The number of hydrogen-bond acceptors (Lipinski definition) is 6. The summed E-state index contributed by atoms with van der Waals surface area (Å²) in [5.41, 5.74) is 5.93. The molecule has 1 unspecified atom stereocenters.